The second-order valence-corrected chi connectivity index (χ2v) is 15.4. The van der Waals surface area contributed by atoms with Gasteiger partial charge in [-0.05, 0) is 59.8 Å². The van der Waals surface area contributed by atoms with Gasteiger partial charge in [0.25, 0.3) is 0 Å². The average Bonchev–Trinajstić information content (AvgIpc) is 4.02. The Hall–Kier alpha value is -2.22. The first-order chi connectivity index (χ1) is 26.1. The number of rotatable bonds is 10. The summed E-state index contributed by atoms with van der Waals surface area (Å²) < 4.78 is 0. The number of benzene rings is 4. The summed E-state index contributed by atoms with van der Waals surface area (Å²) in [4.78, 5) is 0. The van der Waals surface area contributed by atoms with Crippen molar-refractivity contribution in [1.29, 1.82) is 0 Å². The van der Waals surface area contributed by atoms with Crippen molar-refractivity contribution < 1.29 is 23.3 Å². The van der Waals surface area contributed by atoms with Crippen LogP contribution in [-0.4, -0.2) is 6.88 Å². The molecular weight excluding hydrogens is 815 g/mol. The molecule has 0 atom stereocenters. The van der Waals surface area contributed by atoms with Gasteiger partial charge in [-0.1, -0.05) is 157 Å². The molecule has 2 fully saturated rings. The van der Waals surface area contributed by atoms with Gasteiger partial charge in [-0.15, -0.1) is 93.9 Å². The van der Waals surface area contributed by atoms with Crippen LogP contribution in [0.5, 0.6) is 0 Å². The van der Waals surface area contributed by atoms with Crippen LogP contribution in [0.15, 0.2) is 109 Å². The molecule has 0 N–H and O–H groups in total. The summed E-state index contributed by atoms with van der Waals surface area (Å²) in [6.07, 6.45) is 19.7. The average molecular weight is 881 g/mol. The van der Waals surface area contributed by atoms with E-state index in [1.165, 1.54) is 179 Å². The Morgan fingerprint density at radius 3 is 1.23 bits per heavy atom. The van der Waals surface area contributed by atoms with Crippen LogP contribution in [0.1, 0.15) is 114 Å². The maximum absolute atomic E-state index is 3.49. The Bertz CT molecular complexity index is 1800. The van der Waals surface area contributed by atoms with Crippen LogP contribution in [0.2, 0.25) is 0 Å². The van der Waals surface area contributed by atoms with Crippen LogP contribution in [-0.2, 0) is 49.0 Å². The van der Waals surface area contributed by atoms with E-state index in [0.29, 0.717) is 0 Å². The summed E-state index contributed by atoms with van der Waals surface area (Å²) in [7, 11) is 0. The Morgan fingerprint density at radius 1 is 0.571 bits per heavy atom. The fraction of sp³-hybridized carbons (Fsp3) is 0.385. The minimum atomic E-state index is 0. The SMILES string of the molecule is CCCc1ccc(-c2cccc3[cH-]c(CC4CCCC4)cc23)cc1.CCCc1ccc(-c2cccc3[cH-]c(CC4CCCC4)cc23)cc1.Cl.Cl.[CH2-]CC.[CH3-].[Si]=[Zr]. The first-order valence-electron chi connectivity index (χ1n) is 20.7. The predicted octanol–water partition coefficient (Wildman–Crippen LogP) is 16.0. The number of halogens is 2. The molecular formula is C52H66Cl2SiZr-4. The normalized spacial score (nSPS) is 13.6. The maximum atomic E-state index is 3.49. The third-order valence-corrected chi connectivity index (χ3v) is 11.2. The van der Waals surface area contributed by atoms with Gasteiger partial charge in [-0.3, -0.25) is 0 Å². The van der Waals surface area contributed by atoms with Crippen LogP contribution >= 0.6 is 24.8 Å². The van der Waals surface area contributed by atoms with Gasteiger partial charge >= 0.3 is 30.2 Å². The molecule has 2 radical (unpaired) electrons. The first kappa shape index (κ1) is 49.9. The van der Waals surface area contributed by atoms with Crippen LogP contribution in [0, 0.1) is 26.2 Å². The molecule has 6 aromatic carbocycles. The number of hydrogen-bond donors (Lipinski definition) is 0. The van der Waals surface area contributed by atoms with E-state index >= 15 is 0 Å². The molecule has 0 bridgehead atoms. The molecule has 4 heteroatoms. The number of aryl methyl sites for hydroxylation is 2. The van der Waals surface area contributed by atoms with Crippen molar-refractivity contribution in [1.82, 2.24) is 0 Å². The number of hydrogen-bond acceptors (Lipinski definition) is 0. The van der Waals surface area contributed by atoms with Crippen molar-refractivity contribution in [2.24, 2.45) is 11.8 Å². The van der Waals surface area contributed by atoms with Crippen LogP contribution in [0.25, 0.3) is 43.8 Å². The van der Waals surface area contributed by atoms with Gasteiger partial charge in [0.15, 0.2) is 0 Å². The quantitative estimate of drug-likeness (QED) is 0.0950. The fourth-order valence-electron chi connectivity index (χ4n) is 8.71. The van der Waals surface area contributed by atoms with Gasteiger partial charge in [0.1, 0.15) is 0 Å². The molecule has 0 aromatic heterocycles. The summed E-state index contributed by atoms with van der Waals surface area (Å²) in [5, 5.41) is 5.65. The molecule has 0 amide bonds. The van der Waals surface area contributed by atoms with Crippen molar-refractivity contribution >= 4 is 53.2 Å². The monoisotopic (exact) mass is 878 g/mol. The molecule has 0 nitrogen and oxygen atoms in total. The van der Waals surface area contributed by atoms with E-state index in [-0.39, 0.29) is 32.2 Å². The molecule has 56 heavy (non-hydrogen) atoms. The van der Waals surface area contributed by atoms with Gasteiger partial charge < -0.3 is 14.4 Å². The van der Waals surface area contributed by atoms with E-state index in [1.54, 1.807) is 0 Å². The Labute approximate surface area is 370 Å². The summed E-state index contributed by atoms with van der Waals surface area (Å²) in [5.41, 5.74) is 11.4. The van der Waals surface area contributed by atoms with Crippen molar-refractivity contribution in [3.8, 4) is 22.3 Å². The molecule has 2 aliphatic carbocycles. The summed E-state index contributed by atoms with van der Waals surface area (Å²) >= 11 is 1.36. The van der Waals surface area contributed by atoms with Crippen LogP contribution in [0.3, 0.4) is 0 Å². The van der Waals surface area contributed by atoms with Gasteiger partial charge in [-0.2, -0.15) is 18.6 Å². The van der Waals surface area contributed by atoms with Crippen LogP contribution in [0.4, 0.5) is 0 Å². The van der Waals surface area contributed by atoms with Crippen LogP contribution < -0.4 is 0 Å². The molecule has 2 aliphatic rings. The second-order valence-electron chi connectivity index (χ2n) is 15.4. The molecule has 0 saturated heterocycles. The molecule has 300 valence electrons. The van der Waals surface area contributed by atoms with E-state index in [0.717, 1.165) is 18.3 Å². The molecule has 2 saturated carbocycles. The molecule has 8 rings (SSSR count). The molecule has 0 unspecified atom stereocenters. The summed E-state index contributed by atoms with van der Waals surface area (Å²) in [5.74, 6) is 1.83. The zero-order valence-electron chi connectivity index (χ0n) is 34.7. The third-order valence-electron chi connectivity index (χ3n) is 11.2. The minimum absolute atomic E-state index is 0. The fourth-order valence-corrected chi connectivity index (χ4v) is 8.71. The van der Waals surface area contributed by atoms with E-state index in [2.05, 4.69) is 137 Å². The second kappa shape index (κ2) is 26.7. The standard InChI is InChI=1S/2C24H27.C3H7.CH3.2ClH.Si.Zr/c2*1-2-6-18-11-13-21(14-12-18)23-10-5-9-22-16-20(17-24(22)23)15-19-7-3-4-8-19;1-3-2;;;;;/h2*5,9-14,16-17,19H,2-4,6-8,15H2,1H3;1,3H2,2H3;1H3;2*1H;;/q4*-1;;;;. The summed E-state index contributed by atoms with van der Waals surface area (Å²) in [6.45, 7) is 13.0. The van der Waals surface area contributed by atoms with Crippen molar-refractivity contribution in [2.45, 2.75) is 117 Å². The van der Waals surface area contributed by atoms with Gasteiger partial charge in [0.05, 0.1) is 0 Å². The zero-order chi connectivity index (χ0) is 37.4. The van der Waals surface area contributed by atoms with Gasteiger partial charge in [0, 0.05) is 0 Å². The predicted molar refractivity (Wildman–Crippen MR) is 252 cm³/mol. The van der Waals surface area contributed by atoms with E-state index in [1.807, 2.05) is 6.92 Å². The number of fused-ring (bicyclic) bond motifs is 2. The van der Waals surface area contributed by atoms with E-state index < -0.39 is 0 Å². The molecule has 0 aliphatic heterocycles. The topological polar surface area (TPSA) is 0 Å². The zero-order valence-corrected chi connectivity index (χ0v) is 39.8. The molecule has 0 heterocycles. The third kappa shape index (κ3) is 14.0. The van der Waals surface area contributed by atoms with Gasteiger partial charge in [0.2, 0.25) is 0 Å². The Morgan fingerprint density at radius 2 is 0.911 bits per heavy atom. The van der Waals surface area contributed by atoms with Crippen molar-refractivity contribution in [2.75, 3.05) is 0 Å². The first-order valence-corrected chi connectivity index (χ1v) is 24.9. The van der Waals surface area contributed by atoms with E-state index in [4.69, 9.17) is 0 Å². The van der Waals surface area contributed by atoms with E-state index in [9.17, 15) is 0 Å². The van der Waals surface area contributed by atoms with Crippen molar-refractivity contribution in [3.63, 3.8) is 0 Å². The molecule has 0 spiro atoms. The Balaban J connectivity index is 0.000000331. The summed E-state index contributed by atoms with van der Waals surface area (Å²) in [6, 6.07) is 41.6. The van der Waals surface area contributed by atoms with Gasteiger partial charge in [-0.25, -0.2) is 0 Å². The molecule has 6 aromatic rings. The van der Waals surface area contributed by atoms with Crippen molar-refractivity contribution in [3.05, 3.63) is 146 Å². The Kier molecular flexibility index (Phi) is 23.8.